The van der Waals surface area contributed by atoms with Gasteiger partial charge in [0, 0.05) is 17.8 Å². The van der Waals surface area contributed by atoms with Crippen LogP contribution in [-0.4, -0.2) is 39.1 Å². The van der Waals surface area contributed by atoms with Crippen LogP contribution in [0.25, 0.3) is 0 Å². The molecule has 2 aliphatic carbocycles. The number of anilines is 2. The Morgan fingerprint density at radius 2 is 1.92 bits per heavy atom. The van der Waals surface area contributed by atoms with Crippen molar-refractivity contribution < 1.29 is 9.69 Å². The molecular formula is C20H30N3O+. The van der Waals surface area contributed by atoms with Gasteiger partial charge in [-0.2, -0.15) is 0 Å². The van der Waals surface area contributed by atoms with Gasteiger partial charge in [-0.05, 0) is 61.3 Å². The van der Waals surface area contributed by atoms with E-state index < -0.39 is 0 Å². The molecule has 1 amide bonds. The van der Waals surface area contributed by atoms with E-state index in [0.717, 1.165) is 30.6 Å². The molecule has 24 heavy (non-hydrogen) atoms. The zero-order valence-corrected chi connectivity index (χ0v) is 14.8. The number of hydrogen-bond donors (Lipinski definition) is 2. The second kappa shape index (κ2) is 6.75. The molecule has 0 spiro atoms. The summed E-state index contributed by atoms with van der Waals surface area (Å²) in [4.78, 5) is 16.4. The molecule has 0 radical (unpaired) electrons. The van der Waals surface area contributed by atoms with Gasteiger partial charge in [0.1, 0.15) is 0 Å². The van der Waals surface area contributed by atoms with E-state index in [0.29, 0.717) is 12.3 Å². The molecule has 0 aromatic heterocycles. The van der Waals surface area contributed by atoms with Crippen LogP contribution in [0.2, 0.25) is 0 Å². The molecule has 4 heteroatoms. The number of nitrogens with one attached hydrogen (secondary N) is 2. The predicted octanol–water partition coefficient (Wildman–Crippen LogP) is 1.79. The Hall–Kier alpha value is -1.55. The molecule has 3 atom stereocenters. The van der Waals surface area contributed by atoms with Crippen LogP contribution in [0.1, 0.15) is 32.1 Å². The first-order valence-electron chi connectivity index (χ1n) is 9.63. The van der Waals surface area contributed by atoms with Crippen LogP contribution in [-0.2, 0) is 4.79 Å². The first-order chi connectivity index (χ1) is 11.7. The summed E-state index contributed by atoms with van der Waals surface area (Å²) >= 11 is 0. The van der Waals surface area contributed by atoms with Crippen molar-refractivity contribution in [1.82, 2.24) is 0 Å². The van der Waals surface area contributed by atoms with E-state index in [2.05, 4.69) is 41.5 Å². The van der Waals surface area contributed by atoms with Crippen molar-refractivity contribution in [2.24, 2.45) is 17.8 Å². The van der Waals surface area contributed by atoms with Crippen LogP contribution in [0.4, 0.5) is 11.4 Å². The van der Waals surface area contributed by atoms with Gasteiger partial charge in [0.05, 0.1) is 33.2 Å². The number of hydrogen-bond acceptors (Lipinski definition) is 2. The van der Waals surface area contributed by atoms with E-state index in [-0.39, 0.29) is 5.91 Å². The first kappa shape index (κ1) is 15.9. The highest BCUT2D eigenvalue weighted by molar-refractivity contribution is 5.91. The van der Waals surface area contributed by atoms with Crippen molar-refractivity contribution in [2.75, 3.05) is 43.4 Å². The fraction of sp³-hybridized carbons (Fsp3) is 0.650. The molecule has 4 nitrogen and oxygen atoms in total. The molecule has 1 aromatic rings. The summed E-state index contributed by atoms with van der Waals surface area (Å²) in [5.74, 6) is 2.57. The molecule has 130 valence electrons. The van der Waals surface area contributed by atoms with Gasteiger partial charge in [-0.15, -0.1) is 0 Å². The van der Waals surface area contributed by atoms with E-state index in [1.807, 2.05) is 0 Å². The van der Waals surface area contributed by atoms with Gasteiger partial charge >= 0.3 is 0 Å². The number of rotatable bonds is 4. The average molecular weight is 328 g/mol. The van der Waals surface area contributed by atoms with Gasteiger partial charge in [-0.25, -0.2) is 0 Å². The minimum Gasteiger partial charge on any atom is -0.360 e. The van der Waals surface area contributed by atoms with Crippen molar-refractivity contribution >= 4 is 17.3 Å². The zero-order valence-electron chi connectivity index (χ0n) is 14.8. The summed E-state index contributed by atoms with van der Waals surface area (Å²) in [5, 5.41) is 3.10. The minimum absolute atomic E-state index is 0.198. The lowest BCUT2D eigenvalue weighted by Gasteiger charge is -2.31. The number of amides is 1. The maximum absolute atomic E-state index is 12.3. The van der Waals surface area contributed by atoms with Crippen LogP contribution in [0.15, 0.2) is 24.3 Å². The van der Waals surface area contributed by atoms with Gasteiger partial charge < -0.3 is 15.1 Å². The number of likely N-dealkylation sites (N-methyl/N-ethyl adjacent to an activating group) is 1. The molecule has 4 rings (SSSR count). The molecule has 1 aliphatic heterocycles. The summed E-state index contributed by atoms with van der Waals surface area (Å²) in [6.45, 7) is 4.62. The van der Waals surface area contributed by atoms with Crippen molar-refractivity contribution in [3.8, 4) is 0 Å². The minimum atomic E-state index is 0.198. The normalized spacial score (nSPS) is 29.9. The fourth-order valence-electron chi connectivity index (χ4n) is 4.98. The second-order valence-electron chi connectivity index (χ2n) is 8.18. The topological polar surface area (TPSA) is 36.8 Å². The number of piperazine rings is 1. The molecule has 3 fully saturated rings. The second-order valence-corrected chi connectivity index (χ2v) is 8.18. The van der Waals surface area contributed by atoms with Crippen molar-refractivity contribution in [1.29, 1.82) is 0 Å². The van der Waals surface area contributed by atoms with E-state index in [1.54, 1.807) is 4.90 Å². The Labute approximate surface area is 145 Å². The number of carbonyl (C=O) groups is 1. The Kier molecular flexibility index (Phi) is 4.49. The highest BCUT2D eigenvalue weighted by atomic mass is 16.1. The summed E-state index contributed by atoms with van der Waals surface area (Å²) in [6.07, 6.45) is 6.12. The van der Waals surface area contributed by atoms with Gasteiger partial charge in [-0.1, -0.05) is 6.42 Å². The predicted molar refractivity (Wildman–Crippen MR) is 97.5 cm³/mol. The molecular weight excluding hydrogens is 298 g/mol. The molecule has 1 aromatic carbocycles. The lowest BCUT2D eigenvalue weighted by atomic mass is 9.86. The van der Waals surface area contributed by atoms with E-state index in [4.69, 9.17) is 0 Å². The largest absolute Gasteiger partial charge is 0.360 e. The number of fused-ring (bicyclic) bond motifs is 2. The maximum Gasteiger partial charge on any atom is 0.224 e. The summed E-state index contributed by atoms with van der Waals surface area (Å²) in [5.41, 5.74) is 2.21. The van der Waals surface area contributed by atoms with Crippen molar-refractivity contribution in [2.45, 2.75) is 32.1 Å². The van der Waals surface area contributed by atoms with Gasteiger partial charge in [0.2, 0.25) is 5.91 Å². The van der Waals surface area contributed by atoms with Crippen LogP contribution in [0.5, 0.6) is 0 Å². The van der Waals surface area contributed by atoms with E-state index >= 15 is 0 Å². The molecule has 1 heterocycles. The molecule has 1 saturated heterocycles. The van der Waals surface area contributed by atoms with Crippen LogP contribution in [0.3, 0.4) is 0 Å². The Balaban J connectivity index is 1.29. The average Bonchev–Trinajstić information content (AvgIpc) is 3.19. The Morgan fingerprint density at radius 1 is 1.17 bits per heavy atom. The van der Waals surface area contributed by atoms with Crippen LogP contribution in [0, 0.1) is 17.8 Å². The summed E-state index contributed by atoms with van der Waals surface area (Å²) in [6, 6.07) is 8.40. The van der Waals surface area contributed by atoms with Crippen LogP contribution < -0.4 is 15.1 Å². The van der Waals surface area contributed by atoms with Crippen LogP contribution >= 0.6 is 0 Å². The molecule has 2 saturated carbocycles. The molecule has 3 aliphatic rings. The fourth-order valence-corrected chi connectivity index (χ4v) is 4.98. The maximum atomic E-state index is 12.3. The number of benzene rings is 1. The monoisotopic (exact) mass is 328 g/mol. The number of nitrogens with zero attached hydrogens (tertiary/aromatic N) is 1. The third-order valence-electron chi connectivity index (χ3n) is 6.47. The Bertz CT molecular complexity index is 577. The molecule has 0 unspecified atom stereocenters. The standard InChI is InChI=1S/C20H29N3O/c1-22-8-10-23(11-9-22)19-6-4-18(5-7-19)21-20(24)14-17-13-15-2-3-16(17)12-15/h4-7,15-17H,2-3,8-14H2,1H3,(H,21,24)/p+1/t15-,16-,17+/m1/s1. The first-order valence-corrected chi connectivity index (χ1v) is 9.63. The third-order valence-corrected chi connectivity index (χ3v) is 6.47. The van der Waals surface area contributed by atoms with Crippen molar-refractivity contribution in [3.05, 3.63) is 24.3 Å². The van der Waals surface area contributed by atoms with Crippen molar-refractivity contribution in [3.63, 3.8) is 0 Å². The number of carbonyl (C=O) groups excluding carboxylic acids is 1. The lowest BCUT2D eigenvalue weighted by molar-refractivity contribution is -0.880. The molecule has 2 bridgehead atoms. The van der Waals surface area contributed by atoms with Gasteiger partial charge in [0.15, 0.2) is 0 Å². The quantitative estimate of drug-likeness (QED) is 0.884. The SMILES string of the molecule is C[NH+]1CCN(c2ccc(NC(=O)C[C@@H]3C[C@@H]4CC[C@@H]3C4)cc2)CC1. The van der Waals surface area contributed by atoms with Gasteiger partial charge in [-0.3, -0.25) is 4.79 Å². The smallest absolute Gasteiger partial charge is 0.224 e. The highest BCUT2D eigenvalue weighted by Crippen LogP contribution is 2.49. The number of quaternary nitrogens is 1. The molecule has 2 N–H and O–H groups in total. The van der Waals surface area contributed by atoms with E-state index in [1.165, 1.54) is 44.5 Å². The summed E-state index contributed by atoms with van der Waals surface area (Å²) in [7, 11) is 2.26. The Morgan fingerprint density at radius 3 is 2.54 bits per heavy atom. The zero-order chi connectivity index (χ0) is 16.5. The van der Waals surface area contributed by atoms with E-state index in [9.17, 15) is 4.79 Å². The third kappa shape index (κ3) is 3.44. The lowest BCUT2D eigenvalue weighted by Crippen LogP contribution is -3.12. The van der Waals surface area contributed by atoms with Gasteiger partial charge in [0.25, 0.3) is 0 Å². The highest BCUT2D eigenvalue weighted by Gasteiger charge is 2.40. The summed E-state index contributed by atoms with van der Waals surface area (Å²) < 4.78 is 0.